The average molecular weight is 313 g/mol. The van der Waals surface area contributed by atoms with Crippen molar-refractivity contribution in [1.82, 2.24) is 0 Å². The minimum atomic E-state index is -1.17. The Kier molecular flexibility index (Phi) is 6.18. The molecule has 0 radical (unpaired) electrons. The minimum Gasteiger partial charge on any atom is -0.545 e. The van der Waals surface area contributed by atoms with E-state index in [-0.39, 0.29) is 5.56 Å². The molecular weight excluding hydrogens is 290 g/mol. The van der Waals surface area contributed by atoms with Gasteiger partial charge in [0.05, 0.1) is 12.0 Å². The fourth-order valence-corrected chi connectivity index (χ4v) is 2.43. The van der Waals surface area contributed by atoms with Crippen molar-refractivity contribution >= 4 is 5.97 Å². The van der Waals surface area contributed by atoms with Crippen molar-refractivity contribution in [2.45, 2.75) is 26.4 Å². The van der Waals surface area contributed by atoms with Crippen molar-refractivity contribution in [3.63, 3.8) is 0 Å². The van der Waals surface area contributed by atoms with Crippen LogP contribution in [0.3, 0.4) is 0 Å². The maximum absolute atomic E-state index is 10.7. The molecule has 0 saturated carbocycles. The molecule has 0 bridgehead atoms. The zero-order chi connectivity index (χ0) is 16.7. The molecule has 4 nitrogen and oxygen atoms in total. The predicted octanol–water partition coefficient (Wildman–Crippen LogP) is 0.922. The molecule has 122 valence electrons. The van der Waals surface area contributed by atoms with E-state index in [9.17, 15) is 9.90 Å². The fraction of sp³-hybridized carbons (Fsp3) is 0.316. The highest BCUT2D eigenvalue weighted by atomic mass is 16.5. The molecule has 4 heteroatoms. The van der Waals surface area contributed by atoms with Crippen molar-refractivity contribution in [3.05, 3.63) is 65.7 Å². The second kappa shape index (κ2) is 8.34. The third-order valence-electron chi connectivity index (χ3n) is 3.87. The van der Waals surface area contributed by atoms with E-state index < -0.39 is 5.97 Å². The lowest BCUT2D eigenvalue weighted by molar-refractivity contribution is -0.935. The number of hydrogen-bond acceptors (Lipinski definition) is 3. The molecule has 23 heavy (non-hydrogen) atoms. The zero-order valence-electron chi connectivity index (χ0n) is 13.6. The summed E-state index contributed by atoms with van der Waals surface area (Å²) in [6.07, 6.45) is 0. The molecule has 0 aliphatic carbocycles. The van der Waals surface area contributed by atoms with Gasteiger partial charge in [-0.25, -0.2) is 0 Å². The summed E-state index contributed by atoms with van der Waals surface area (Å²) in [5.74, 6) is -0.493. The van der Waals surface area contributed by atoms with Crippen LogP contribution in [0.25, 0.3) is 0 Å². The lowest BCUT2D eigenvalue weighted by atomic mass is 10.2. The summed E-state index contributed by atoms with van der Waals surface area (Å²) in [5.41, 5.74) is 1.48. The average Bonchev–Trinajstić information content (AvgIpc) is 2.55. The summed E-state index contributed by atoms with van der Waals surface area (Å²) in [5, 5.41) is 10.7. The van der Waals surface area contributed by atoms with Crippen LogP contribution in [0, 0.1) is 0 Å². The van der Waals surface area contributed by atoms with Gasteiger partial charge < -0.3 is 19.5 Å². The van der Waals surface area contributed by atoms with Crippen LogP contribution in [-0.2, 0) is 6.54 Å². The van der Waals surface area contributed by atoms with Crippen LogP contribution in [-0.4, -0.2) is 25.2 Å². The van der Waals surface area contributed by atoms with Crippen LogP contribution in [0.5, 0.6) is 5.75 Å². The van der Waals surface area contributed by atoms with Gasteiger partial charge in [0.15, 0.2) is 0 Å². The van der Waals surface area contributed by atoms with Gasteiger partial charge >= 0.3 is 0 Å². The van der Waals surface area contributed by atoms with Gasteiger partial charge in [0.1, 0.15) is 25.4 Å². The molecule has 2 aromatic rings. The lowest BCUT2D eigenvalue weighted by Crippen LogP contribution is -3.14. The van der Waals surface area contributed by atoms with E-state index >= 15 is 0 Å². The van der Waals surface area contributed by atoms with E-state index in [0.717, 1.165) is 13.1 Å². The smallest absolute Gasteiger partial charge is 0.137 e. The highest BCUT2D eigenvalue weighted by molar-refractivity contribution is 5.85. The third kappa shape index (κ3) is 5.42. The largest absolute Gasteiger partial charge is 0.545 e. The highest BCUT2D eigenvalue weighted by Crippen LogP contribution is 2.11. The molecule has 0 fully saturated rings. The molecule has 0 heterocycles. The number of aromatic carboxylic acids is 1. The van der Waals surface area contributed by atoms with Crippen LogP contribution in [0.1, 0.15) is 29.8 Å². The Labute approximate surface area is 137 Å². The van der Waals surface area contributed by atoms with Crippen molar-refractivity contribution in [3.8, 4) is 5.75 Å². The van der Waals surface area contributed by atoms with Crippen molar-refractivity contribution in [2.75, 3.05) is 13.2 Å². The van der Waals surface area contributed by atoms with Gasteiger partial charge in [-0.05, 0) is 43.7 Å². The number of benzene rings is 2. The summed E-state index contributed by atoms with van der Waals surface area (Å²) < 4.78 is 5.72. The number of nitrogens with one attached hydrogen (secondary N) is 1. The number of carboxylic acids is 1. The fourth-order valence-electron chi connectivity index (χ4n) is 2.43. The Morgan fingerprint density at radius 2 is 1.74 bits per heavy atom. The Bertz CT molecular complexity index is 608. The molecule has 0 spiro atoms. The zero-order valence-corrected chi connectivity index (χ0v) is 13.6. The van der Waals surface area contributed by atoms with Crippen molar-refractivity contribution < 1.29 is 19.5 Å². The molecule has 1 atom stereocenters. The van der Waals surface area contributed by atoms with Gasteiger partial charge in [-0.2, -0.15) is 0 Å². The molecule has 0 aromatic heterocycles. The van der Waals surface area contributed by atoms with E-state index in [1.807, 2.05) is 6.07 Å². The monoisotopic (exact) mass is 313 g/mol. The van der Waals surface area contributed by atoms with E-state index in [4.69, 9.17) is 4.74 Å². The first kappa shape index (κ1) is 17.0. The van der Waals surface area contributed by atoms with E-state index in [1.165, 1.54) is 22.6 Å². The summed E-state index contributed by atoms with van der Waals surface area (Å²) in [7, 11) is 0. The predicted molar refractivity (Wildman–Crippen MR) is 87.4 cm³/mol. The standard InChI is InChI=1S/C19H23NO3/c1-15(2)20(14-16-6-4-3-5-7-16)12-13-23-18-10-8-17(9-11-18)19(21)22/h3-11,15H,12-14H2,1-2H3,(H,21,22). The third-order valence-corrected chi connectivity index (χ3v) is 3.87. The summed E-state index contributed by atoms with van der Waals surface area (Å²) in [6.45, 7) is 6.84. The number of quaternary nitrogens is 1. The van der Waals surface area contributed by atoms with Crippen molar-refractivity contribution in [2.24, 2.45) is 0 Å². The number of carbonyl (C=O) groups is 1. The molecule has 0 aliphatic heterocycles. The summed E-state index contributed by atoms with van der Waals surface area (Å²) in [6, 6.07) is 17.3. The Morgan fingerprint density at radius 1 is 1.09 bits per heavy atom. The number of ether oxygens (including phenoxy) is 1. The second-order valence-electron chi connectivity index (χ2n) is 5.89. The number of hydrogen-bond donors (Lipinski definition) is 1. The van der Waals surface area contributed by atoms with Gasteiger partial charge in [-0.3, -0.25) is 0 Å². The summed E-state index contributed by atoms with van der Waals surface area (Å²) in [4.78, 5) is 12.2. The van der Waals surface area contributed by atoms with E-state index in [1.54, 1.807) is 12.1 Å². The Morgan fingerprint density at radius 3 is 2.30 bits per heavy atom. The Balaban J connectivity index is 1.85. The Hall–Kier alpha value is -2.33. The van der Waals surface area contributed by atoms with Gasteiger partial charge in [0.2, 0.25) is 0 Å². The van der Waals surface area contributed by atoms with Gasteiger partial charge in [0, 0.05) is 5.56 Å². The SMILES string of the molecule is CC(C)[NH+](CCOc1ccc(C(=O)[O-])cc1)Cc1ccccc1. The molecular formula is C19H23NO3. The second-order valence-corrected chi connectivity index (χ2v) is 5.89. The van der Waals surface area contributed by atoms with Gasteiger partial charge in [0.25, 0.3) is 0 Å². The maximum atomic E-state index is 10.7. The van der Waals surface area contributed by atoms with Crippen LogP contribution in [0.2, 0.25) is 0 Å². The lowest BCUT2D eigenvalue weighted by Gasteiger charge is -2.23. The number of rotatable bonds is 8. The topological polar surface area (TPSA) is 53.8 Å². The maximum Gasteiger partial charge on any atom is 0.137 e. The molecule has 0 saturated heterocycles. The molecule has 1 unspecified atom stereocenters. The number of carboxylic acid groups (broad SMARTS) is 1. The number of carbonyl (C=O) groups excluding carboxylic acids is 1. The van der Waals surface area contributed by atoms with Gasteiger partial charge in [-0.15, -0.1) is 0 Å². The van der Waals surface area contributed by atoms with E-state index in [0.29, 0.717) is 18.4 Å². The van der Waals surface area contributed by atoms with Crippen molar-refractivity contribution in [1.29, 1.82) is 0 Å². The molecule has 2 rings (SSSR count). The van der Waals surface area contributed by atoms with Crippen LogP contribution in [0.15, 0.2) is 54.6 Å². The first-order chi connectivity index (χ1) is 11.1. The van der Waals surface area contributed by atoms with Crippen LogP contribution in [0.4, 0.5) is 0 Å². The van der Waals surface area contributed by atoms with Crippen LogP contribution >= 0.6 is 0 Å². The van der Waals surface area contributed by atoms with E-state index in [2.05, 4.69) is 38.1 Å². The normalized spacial score (nSPS) is 12.1. The molecule has 1 N–H and O–H groups in total. The van der Waals surface area contributed by atoms with Crippen LogP contribution < -0.4 is 14.7 Å². The molecule has 0 aliphatic rings. The minimum absolute atomic E-state index is 0.163. The first-order valence-corrected chi connectivity index (χ1v) is 7.89. The highest BCUT2D eigenvalue weighted by Gasteiger charge is 2.13. The quantitative estimate of drug-likeness (QED) is 0.788. The first-order valence-electron chi connectivity index (χ1n) is 7.89. The molecule has 2 aromatic carbocycles. The van der Waals surface area contributed by atoms with Gasteiger partial charge in [-0.1, -0.05) is 30.3 Å². The summed E-state index contributed by atoms with van der Waals surface area (Å²) >= 11 is 0. The molecule has 0 amide bonds.